The van der Waals surface area contributed by atoms with Crippen LogP contribution < -0.4 is 95.5 Å². The number of phosphoric ester groups is 2. The molecule has 0 heterocycles. The molecule has 0 aliphatic rings. The SMILES string of the molecule is CCCCCC/C=C\CCCC(=O)O[C@H](CCCCCCC)CCOCC(COP(=O)([O-])OCCNC(=O)C(CCCCNC(=O)OC(C)(C)C)C(=O)NCCOP(=O)([O-])OCC(COCC[C@@H](CCCCCCC)OC(=O)CCC/C=C\CCCCCC)NC(=O)CCCCCCCCCCCCC)NC(=O)CCCCCCCCCCCCC.[Na+].[Na+]. The number of alkyl carbamates (subject to hydrolysis) is 1. The van der Waals surface area contributed by atoms with E-state index in [1.807, 2.05) is 0 Å². The van der Waals surface area contributed by atoms with E-state index in [1.165, 1.54) is 116 Å². The zero-order valence-electron chi connectivity index (χ0n) is 79.8. The summed E-state index contributed by atoms with van der Waals surface area (Å²) in [5, 5.41) is 13.6. The number of rotatable bonds is 89. The third-order valence-electron chi connectivity index (χ3n) is 21.1. The van der Waals surface area contributed by atoms with Crippen LogP contribution in [0.4, 0.5) is 4.79 Å². The van der Waals surface area contributed by atoms with E-state index in [1.54, 1.807) is 20.8 Å². The van der Waals surface area contributed by atoms with Crippen molar-refractivity contribution in [3.8, 4) is 0 Å². The van der Waals surface area contributed by atoms with Gasteiger partial charge in [-0.2, -0.15) is 0 Å². The van der Waals surface area contributed by atoms with E-state index in [0.29, 0.717) is 70.6 Å². The summed E-state index contributed by atoms with van der Waals surface area (Å²) in [7, 11) is -10.2. The molecule has 5 N–H and O–H groups in total. The third-order valence-corrected chi connectivity index (χ3v) is 23.0. The Balaban J connectivity index is -0.0000720. The maximum atomic E-state index is 13.9. The molecule has 0 fully saturated rings. The first-order chi connectivity index (χ1) is 58.4. The Morgan fingerprint density at radius 2 is 0.642 bits per heavy atom. The molecular formula is C94H177N5Na2O20P2. The van der Waals surface area contributed by atoms with E-state index in [4.69, 9.17) is 41.8 Å². The van der Waals surface area contributed by atoms with Crippen LogP contribution in [0.2, 0.25) is 0 Å². The number of nitrogens with one attached hydrogen (secondary N) is 5. The molecule has 0 aromatic rings. The number of hydrogen-bond donors (Lipinski definition) is 5. The summed E-state index contributed by atoms with van der Waals surface area (Å²) >= 11 is 0. The van der Waals surface area contributed by atoms with Gasteiger partial charge in [0.2, 0.25) is 23.6 Å². The van der Waals surface area contributed by atoms with E-state index >= 15 is 0 Å². The Morgan fingerprint density at radius 1 is 0.333 bits per heavy atom. The summed E-state index contributed by atoms with van der Waals surface area (Å²) in [6, 6.07) is -1.82. The Bertz CT molecular complexity index is 2530. The molecule has 0 bridgehead atoms. The summed E-state index contributed by atoms with van der Waals surface area (Å²) in [4.78, 5) is 120. The monoisotopic (exact) mass is 1800 g/mol. The molecule has 6 atom stereocenters. The number of amides is 5. The zero-order valence-corrected chi connectivity index (χ0v) is 85.6. The minimum atomic E-state index is -5.10. The third kappa shape index (κ3) is 86.2. The number of phosphoric acid groups is 2. The quantitative estimate of drug-likeness (QED) is 0.00718. The number of hydrogen-bond acceptors (Lipinski definition) is 20. The standard InChI is InChI=1S/C94H179N5O20P2.2Na/c1-10-16-22-28-32-36-38-42-44-50-56-65-87(100)98-82(78-111-74-69-84(62-54-48-26-20-14-5)117-89(102)67-58-52-46-40-34-30-24-18-12-3)80-115-120(107,108)113-76-72-95-91(104)86(64-60-61-71-97-93(106)119-94(7,8)9)92(105)96-73-77-114-121(109,110)116-81-83(99-88(101)66-57-51-45-43-39-37-33-29-23-17-11-2)79-112-75-70-85(63-55-49-27-21-15-6)118-90(103)68-59-53-47-41-35-31-25-19-13-4;;/h40-41,46-47,82-86H,10-39,42-45,48-81H2,1-9H3,(H,95,104)(H,96,105)(H,97,106)(H,98,100)(H,99,101)(H,107,108)(H,109,110);;/q;2*+1/p-2/b46-40-,47-41-;;/t82?,83?,84-,85-,86?;;/m1../s1. The van der Waals surface area contributed by atoms with Gasteiger partial charge in [0, 0.05) is 58.2 Å². The molecule has 0 spiro atoms. The van der Waals surface area contributed by atoms with Gasteiger partial charge in [-0.25, -0.2) is 4.79 Å². The topological polar surface area (TPSA) is 343 Å². The van der Waals surface area contributed by atoms with Crippen molar-refractivity contribution < 1.29 is 153 Å². The van der Waals surface area contributed by atoms with Crippen LogP contribution in [0.15, 0.2) is 24.3 Å². The molecule has 710 valence electrons. The van der Waals surface area contributed by atoms with Gasteiger partial charge in [0.15, 0.2) is 0 Å². The normalized spacial score (nSPS) is 13.8. The van der Waals surface area contributed by atoms with Crippen molar-refractivity contribution in [2.75, 3.05) is 72.5 Å². The van der Waals surface area contributed by atoms with Crippen LogP contribution in [-0.4, -0.2) is 144 Å². The van der Waals surface area contributed by atoms with Gasteiger partial charge in [0.05, 0.1) is 64.9 Å². The number of ether oxygens (including phenoxy) is 5. The number of allylic oxidation sites excluding steroid dienone is 4. The van der Waals surface area contributed by atoms with Crippen molar-refractivity contribution in [3.05, 3.63) is 24.3 Å². The molecule has 0 radical (unpaired) electrons. The second-order valence-electron chi connectivity index (χ2n) is 34.1. The van der Waals surface area contributed by atoms with Crippen LogP contribution in [0.1, 0.15) is 428 Å². The van der Waals surface area contributed by atoms with Gasteiger partial charge < -0.3 is 78.2 Å². The Morgan fingerprint density at radius 3 is 0.984 bits per heavy atom. The number of carbonyl (C=O) groups is 7. The molecule has 0 aliphatic heterocycles. The minimum absolute atomic E-state index is 0. The molecule has 0 aliphatic carbocycles. The first-order valence-electron chi connectivity index (χ1n) is 48.6. The fraction of sp³-hybridized carbons (Fsp3) is 0.883. The number of unbranched alkanes of at least 4 members (excludes halogenated alkanes) is 39. The minimum Gasteiger partial charge on any atom is -0.756 e. The van der Waals surface area contributed by atoms with Crippen LogP contribution in [0.3, 0.4) is 0 Å². The molecule has 25 nitrogen and oxygen atoms in total. The molecule has 29 heteroatoms. The van der Waals surface area contributed by atoms with Crippen LogP contribution in [0.5, 0.6) is 0 Å². The Kier molecular flexibility index (Phi) is 90.3. The molecule has 0 rings (SSSR count). The first kappa shape index (κ1) is 125. The summed E-state index contributed by atoms with van der Waals surface area (Å²) in [5.41, 5.74) is -0.747. The molecule has 0 saturated heterocycles. The van der Waals surface area contributed by atoms with Crippen molar-refractivity contribution in [3.63, 3.8) is 0 Å². The van der Waals surface area contributed by atoms with Crippen LogP contribution in [0.25, 0.3) is 0 Å². The average Bonchev–Trinajstić information content (AvgIpc) is 0.899. The second kappa shape index (κ2) is 89.0. The van der Waals surface area contributed by atoms with Crippen LogP contribution >= 0.6 is 15.6 Å². The summed E-state index contributed by atoms with van der Waals surface area (Å²) < 4.78 is 77.4. The molecule has 4 unspecified atom stereocenters. The summed E-state index contributed by atoms with van der Waals surface area (Å²) in [6.45, 7) is 15.5. The average molecular weight is 1810 g/mol. The first-order valence-corrected chi connectivity index (χ1v) is 51.5. The fourth-order valence-corrected chi connectivity index (χ4v) is 15.4. The largest absolute Gasteiger partial charge is 1.00 e. The Labute approximate surface area is 792 Å². The molecule has 0 aromatic heterocycles. The molecule has 0 saturated carbocycles. The van der Waals surface area contributed by atoms with Crippen molar-refractivity contribution in [2.24, 2.45) is 5.92 Å². The van der Waals surface area contributed by atoms with Gasteiger partial charge in [-0.3, -0.25) is 37.9 Å². The molecule has 0 aromatic carbocycles. The number of esters is 2. The molecule has 5 amide bonds. The van der Waals surface area contributed by atoms with Gasteiger partial charge in [-0.1, -0.05) is 291 Å². The van der Waals surface area contributed by atoms with Gasteiger partial charge in [0.1, 0.15) is 23.7 Å². The maximum Gasteiger partial charge on any atom is 1.00 e. The Hall–Kier alpha value is -2.29. The number of carbonyl (C=O) groups excluding carboxylic acids is 7. The summed E-state index contributed by atoms with van der Waals surface area (Å²) in [6.07, 6.45) is 60.6. The smallest absolute Gasteiger partial charge is 0.756 e. The molecular weight excluding hydrogens is 1630 g/mol. The van der Waals surface area contributed by atoms with Gasteiger partial charge in [-0.15, -0.1) is 0 Å². The van der Waals surface area contributed by atoms with E-state index in [2.05, 4.69) is 92.4 Å². The van der Waals surface area contributed by atoms with Crippen molar-refractivity contribution in [2.45, 2.75) is 458 Å². The van der Waals surface area contributed by atoms with Crippen molar-refractivity contribution in [1.29, 1.82) is 0 Å². The second-order valence-corrected chi connectivity index (χ2v) is 36.9. The molecule has 123 heavy (non-hydrogen) atoms. The van der Waals surface area contributed by atoms with Crippen molar-refractivity contribution >= 4 is 57.3 Å². The van der Waals surface area contributed by atoms with E-state index in [0.717, 1.165) is 154 Å². The maximum absolute atomic E-state index is 13.9. The fourth-order valence-electron chi connectivity index (χ4n) is 13.9. The summed E-state index contributed by atoms with van der Waals surface area (Å²) in [5.74, 6) is -4.09. The van der Waals surface area contributed by atoms with Crippen molar-refractivity contribution in [1.82, 2.24) is 26.6 Å². The van der Waals surface area contributed by atoms with E-state index in [9.17, 15) is 52.5 Å². The van der Waals surface area contributed by atoms with Crippen LogP contribution in [-0.2, 0) is 79.7 Å². The van der Waals surface area contributed by atoms with E-state index < -0.39 is 83.6 Å². The van der Waals surface area contributed by atoms with Gasteiger partial charge >= 0.3 is 77.1 Å². The zero-order chi connectivity index (χ0) is 89.2. The predicted octanol–water partition coefficient (Wildman–Crippen LogP) is 15.7. The van der Waals surface area contributed by atoms with Gasteiger partial charge in [0.25, 0.3) is 15.6 Å². The van der Waals surface area contributed by atoms with E-state index in [-0.39, 0.29) is 167 Å². The van der Waals surface area contributed by atoms with Gasteiger partial charge in [-0.05, 0) is 124 Å². The van der Waals surface area contributed by atoms with Crippen LogP contribution in [0, 0.1) is 5.92 Å². The predicted molar refractivity (Wildman–Crippen MR) is 484 cm³/mol.